The summed E-state index contributed by atoms with van der Waals surface area (Å²) in [4.78, 5) is 13.4. The summed E-state index contributed by atoms with van der Waals surface area (Å²) in [6.45, 7) is 6.97. The Hall–Kier alpha value is -1.69. The molecule has 3 N–H and O–H groups in total. The van der Waals surface area contributed by atoms with Gasteiger partial charge >= 0.3 is 0 Å². The lowest BCUT2D eigenvalue weighted by atomic mass is 9.90. The van der Waals surface area contributed by atoms with E-state index in [2.05, 4.69) is 36.3 Å². The highest BCUT2D eigenvalue weighted by Gasteiger charge is 2.20. The maximum Gasteiger partial charge on any atom is 0.263 e. The number of nitrogens with zero attached hydrogens (tertiary/aromatic N) is 2. The van der Waals surface area contributed by atoms with Gasteiger partial charge in [0.2, 0.25) is 0 Å². The molecular weight excluding hydrogens is 260 g/mol. The van der Waals surface area contributed by atoms with Crippen LogP contribution in [0.15, 0.2) is 12.3 Å². The van der Waals surface area contributed by atoms with Crippen molar-refractivity contribution in [3.05, 3.63) is 17.1 Å². The van der Waals surface area contributed by atoms with Crippen LogP contribution in [0.4, 0.5) is 5.69 Å². The quantitative estimate of drug-likeness (QED) is 0.900. The monoisotopic (exact) mass is 278 g/mol. The van der Waals surface area contributed by atoms with Crippen molar-refractivity contribution in [3.63, 3.8) is 0 Å². The van der Waals surface area contributed by atoms with Gasteiger partial charge in [-0.25, -0.2) is 0 Å². The first-order chi connectivity index (χ1) is 8.94. The van der Waals surface area contributed by atoms with Crippen molar-refractivity contribution in [1.82, 2.24) is 15.5 Å². The van der Waals surface area contributed by atoms with Gasteiger partial charge in [0.05, 0.1) is 11.9 Å². The van der Waals surface area contributed by atoms with Gasteiger partial charge in [0.25, 0.3) is 5.91 Å². The summed E-state index contributed by atoms with van der Waals surface area (Å²) >= 11 is 1.28. The molecule has 2 heterocycles. The SMILES string of the molecule is CCC(C)(C)CNC(=O)c1sc2nnccc2c1N. The normalized spacial score (nSPS) is 11.7. The predicted molar refractivity (Wildman–Crippen MR) is 78.2 cm³/mol. The number of nitrogen functional groups attached to an aromatic ring is 1. The largest absolute Gasteiger partial charge is 0.397 e. The summed E-state index contributed by atoms with van der Waals surface area (Å²) < 4.78 is 0. The molecule has 0 spiro atoms. The lowest BCUT2D eigenvalue weighted by Crippen LogP contribution is -2.33. The molecule has 2 aromatic rings. The van der Waals surface area contributed by atoms with Crippen LogP contribution in [0.3, 0.4) is 0 Å². The third-order valence-electron chi connectivity index (χ3n) is 3.31. The Bertz CT molecular complexity index is 606. The molecule has 0 atom stereocenters. The maximum absolute atomic E-state index is 12.2. The van der Waals surface area contributed by atoms with E-state index in [1.807, 2.05) is 0 Å². The highest BCUT2D eigenvalue weighted by atomic mass is 32.1. The first-order valence-corrected chi connectivity index (χ1v) is 7.04. The third-order valence-corrected chi connectivity index (χ3v) is 4.42. The van der Waals surface area contributed by atoms with Crippen molar-refractivity contribution in [2.45, 2.75) is 27.2 Å². The lowest BCUT2D eigenvalue weighted by Gasteiger charge is -2.22. The van der Waals surface area contributed by atoms with Crippen molar-refractivity contribution >= 4 is 33.1 Å². The Morgan fingerprint density at radius 2 is 2.26 bits per heavy atom. The number of thiophene rings is 1. The lowest BCUT2D eigenvalue weighted by molar-refractivity contribution is 0.0940. The maximum atomic E-state index is 12.2. The Labute approximate surface area is 116 Å². The smallest absolute Gasteiger partial charge is 0.263 e. The van der Waals surface area contributed by atoms with E-state index in [1.165, 1.54) is 11.3 Å². The van der Waals surface area contributed by atoms with E-state index in [0.29, 0.717) is 21.9 Å². The van der Waals surface area contributed by atoms with Crippen LogP contribution in [0.2, 0.25) is 0 Å². The van der Waals surface area contributed by atoms with Gasteiger partial charge in [0.1, 0.15) is 9.71 Å². The number of carbonyl (C=O) groups is 1. The molecule has 0 saturated carbocycles. The fourth-order valence-electron chi connectivity index (χ4n) is 1.57. The molecule has 0 aliphatic carbocycles. The summed E-state index contributed by atoms with van der Waals surface area (Å²) in [6, 6.07) is 1.78. The summed E-state index contributed by atoms with van der Waals surface area (Å²) in [7, 11) is 0. The van der Waals surface area contributed by atoms with E-state index in [4.69, 9.17) is 5.73 Å². The molecule has 0 unspecified atom stereocenters. The molecule has 2 rings (SSSR count). The summed E-state index contributed by atoms with van der Waals surface area (Å²) in [5.41, 5.74) is 6.57. The molecule has 0 fully saturated rings. The average Bonchev–Trinajstić information content (AvgIpc) is 2.74. The highest BCUT2D eigenvalue weighted by molar-refractivity contribution is 7.21. The van der Waals surface area contributed by atoms with Crippen molar-refractivity contribution in [3.8, 4) is 0 Å². The number of fused-ring (bicyclic) bond motifs is 1. The van der Waals surface area contributed by atoms with Crippen LogP contribution in [0.1, 0.15) is 36.9 Å². The Morgan fingerprint density at radius 3 is 2.89 bits per heavy atom. The van der Waals surface area contributed by atoms with Crippen LogP contribution in [0.5, 0.6) is 0 Å². The number of nitrogens with two attached hydrogens (primary N) is 1. The summed E-state index contributed by atoms with van der Waals surface area (Å²) in [5.74, 6) is -0.137. The third kappa shape index (κ3) is 2.84. The molecule has 0 aliphatic heterocycles. The predicted octanol–water partition coefficient (Wildman–Crippen LogP) is 2.44. The molecule has 6 heteroatoms. The molecular formula is C13H18N4OS. The molecule has 0 aliphatic rings. The van der Waals surface area contributed by atoms with Gasteiger partial charge < -0.3 is 11.1 Å². The fraction of sp³-hybridized carbons (Fsp3) is 0.462. The van der Waals surface area contributed by atoms with Crippen molar-refractivity contribution in [2.24, 2.45) is 5.41 Å². The Balaban J connectivity index is 2.20. The Morgan fingerprint density at radius 1 is 1.53 bits per heavy atom. The molecule has 5 nitrogen and oxygen atoms in total. The van der Waals surface area contributed by atoms with Crippen molar-refractivity contribution < 1.29 is 4.79 Å². The van der Waals surface area contributed by atoms with Gasteiger partial charge in [-0.1, -0.05) is 20.8 Å². The van der Waals surface area contributed by atoms with Gasteiger partial charge in [0.15, 0.2) is 0 Å². The molecule has 2 aromatic heterocycles. The highest BCUT2D eigenvalue weighted by Crippen LogP contribution is 2.31. The van der Waals surface area contributed by atoms with Crippen LogP contribution in [-0.4, -0.2) is 22.6 Å². The van der Waals surface area contributed by atoms with Crippen LogP contribution < -0.4 is 11.1 Å². The fourth-order valence-corrected chi connectivity index (χ4v) is 2.52. The van der Waals surface area contributed by atoms with Gasteiger partial charge in [-0.05, 0) is 17.9 Å². The minimum Gasteiger partial charge on any atom is -0.397 e. The van der Waals surface area contributed by atoms with Crippen molar-refractivity contribution in [2.75, 3.05) is 12.3 Å². The van der Waals surface area contributed by atoms with E-state index < -0.39 is 0 Å². The van der Waals surface area contributed by atoms with E-state index in [0.717, 1.165) is 11.8 Å². The van der Waals surface area contributed by atoms with E-state index >= 15 is 0 Å². The van der Waals surface area contributed by atoms with Crippen LogP contribution in [-0.2, 0) is 0 Å². The second kappa shape index (κ2) is 5.13. The van der Waals surface area contributed by atoms with Gasteiger partial charge in [-0.3, -0.25) is 4.79 Å². The zero-order valence-corrected chi connectivity index (χ0v) is 12.2. The van der Waals surface area contributed by atoms with Crippen molar-refractivity contribution in [1.29, 1.82) is 0 Å². The molecule has 1 amide bonds. The topological polar surface area (TPSA) is 80.9 Å². The van der Waals surface area contributed by atoms with Gasteiger partial charge in [-0.15, -0.1) is 16.4 Å². The number of hydrogen-bond donors (Lipinski definition) is 2. The minimum absolute atomic E-state index is 0.0842. The van der Waals surface area contributed by atoms with E-state index in [1.54, 1.807) is 12.3 Å². The Kier molecular flexibility index (Phi) is 3.71. The number of amides is 1. The van der Waals surface area contributed by atoms with Gasteiger partial charge in [-0.2, -0.15) is 5.10 Å². The van der Waals surface area contributed by atoms with Gasteiger partial charge in [0, 0.05) is 11.9 Å². The molecule has 0 radical (unpaired) electrons. The summed E-state index contributed by atoms with van der Waals surface area (Å²) in [5, 5.41) is 11.5. The number of carbonyl (C=O) groups excluding carboxylic acids is 1. The molecule has 19 heavy (non-hydrogen) atoms. The zero-order chi connectivity index (χ0) is 14.0. The molecule has 102 valence electrons. The van der Waals surface area contributed by atoms with Crippen LogP contribution in [0.25, 0.3) is 10.2 Å². The zero-order valence-electron chi connectivity index (χ0n) is 11.4. The van der Waals surface area contributed by atoms with E-state index in [9.17, 15) is 4.79 Å². The number of hydrogen-bond acceptors (Lipinski definition) is 5. The number of aromatic nitrogens is 2. The number of nitrogens with one attached hydrogen (secondary N) is 1. The average molecular weight is 278 g/mol. The number of anilines is 1. The minimum atomic E-state index is -0.137. The van der Waals surface area contributed by atoms with Crippen LogP contribution in [0, 0.1) is 5.41 Å². The molecule has 0 aromatic carbocycles. The first kappa shape index (κ1) is 13.7. The second-order valence-corrected chi connectivity index (χ2v) is 6.29. The molecule has 0 bridgehead atoms. The first-order valence-electron chi connectivity index (χ1n) is 6.22. The van der Waals surface area contributed by atoms with E-state index in [-0.39, 0.29) is 11.3 Å². The second-order valence-electron chi connectivity index (χ2n) is 5.30. The summed E-state index contributed by atoms with van der Waals surface area (Å²) in [6.07, 6.45) is 2.58. The van der Waals surface area contributed by atoms with Crippen LogP contribution >= 0.6 is 11.3 Å². The standard InChI is InChI=1S/C13H18N4OS/c1-4-13(2,3)7-15-11(18)10-9(14)8-5-6-16-17-12(8)19-10/h5-6H,4,7,14H2,1-3H3,(H,15,18). The molecule has 0 saturated heterocycles. The number of rotatable bonds is 4.